The summed E-state index contributed by atoms with van der Waals surface area (Å²) >= 11 is 1.67. The van der Waals surface area contributed by atoms with Gasteiger partial charge >= 0.3 is 0 Å². The van der Waals surface area contributed by atoms with Gasteiger partial charge in [-0.05, 0) is 42.0 Å². The van der Waals surface area contributed by atoms with Crippen LogP contribution in [0.15, 0.2) is 53.4 Å². The molecule has 0 aliphatic rings. The van der Waals surface area contributed by atoms with Crippen molar-refractivity contribution in [1.29, 1.82) is 0 Å². The summed E-state index contributed by atoms with van der Waals surface area (Å²) in [6.45, 7) is 0. The number of phenolic OH excluding ortho intramolecular Hbond substituents is 1. The molecule has 0 spiro atoms. The molecule has 0 radical (unpaired) electrons. The van der Waals surface area contributed by atoms with Crippen LogP contribution in [0.1, 0.15) is 15.9 Å². The first-order chi connectivity index (χ1) is 9.19. The number of amides is 1. The fourth-order valence-electron chi connectivity index (χ4n) is 1.54. The van der Waals surface area contributed by atoms with Crippen molar-refractivity contribution in [1.82, 2.24) is 5.43 Å². The zero-order valence-corrected chi connectivity index (χ0v) is 11.0. The second kappa shape index (κ2) is 6.26. The third-order valence-electron chi connectivity index (χ3n) is 2.59. The van der Waals surface area contributed by atoms with Crippen molar-refractivity contribution in [2.45, 2.75) is 10.6 Å². The molecule has 0 unspecified atom stereocenters. The molecule has 0 saturated heterocycles. The van der Waals surface area contributed by atoms with E-state index in [1.165, 1.54) is 0 Å². The fourth-order valence-corrected chi connectivity index (χ4v) is 2.40. The van der Waals surface area contributed by atoms with Gasteiger partial charge < -0.3 is 5.11 Å². The minimum absolute atomic E-state index is 0.265. The molecule has 0 fully saturated rings. The third kappa shape index (κ3) is 3.74. The average Bonchev–Trinajstić information content (AvgIpc) is 2.46. The van der Waals surface area contributed by atoms with Gasteiger partial charge in [0.05, 0.1) is 0 Å². The number of aromatic hydroxyl groups is 1. The third-order valence-corrected chi connectivity index (χ3v) is 3.67. The normalized spacial score (nSPS) is 10.2. The topological polar surface area (TPSA) is 75.3 Å². The lowest BCUT2D eigenvalue weighted by Gasteiger charge is -2.04. The van der Waals surface area contributed by atoms with Crippen LogP contribution in [-0.2, 0) is 5.75 Å². The zero-order chi connectivity index (χ0) is 13.7. The van der Waals surface area contributed by atoms with Crippen LogP contribution >= 0.6 is 11.8 Å². The molecule has 0 atom stereocenters. The Balaban J connectivity index is 1.96. The van der Waals surface area contributed by atoms with Gasteiger partial charge in [0, 0.05) is 16.2 Å². The summed E-state index contributed by atoms with van der Waals surface area (Å²) in [6.07, 6.45) is 0. The average molecular weight is 274 g/mol. The van der Waals surface area contributed by atoms with Crippen LogP contribution in [-0.4, -0.2) is 11.0 Å². The number of thioether (sulfide) groups is 1. The molecule has 5 heteroatoms. The second-order valence-corrected chi connectivity index (χ2v) is 5.00. The molecule has 0 heterocycles. The quantitative estimate of drug-likeness (QED) is 0.346. The smallest absolute Gasteiger partial charge is 0.265 e. The van der Waals surface area contributed by atoms with Crippen LogP contribution in [0.4, 0.5) is 0 Å². The van der Waals surface area contributed by atoms with E-state index in [4.69, 9.17) is 5.84 Å². The van der Waals surface area contributed by atoms with Crippen molar-refractivity contribution in [2.75, 3.05) is 0 Å². The number of hydrogen-bond acceptors (Lipinski definition) is 4. The molecule has 98 valence electrons. The van der Waals surface area contributed by atoms with Gasteiger partial charge in [-0.2, -0.15) is 0 Å². The first-order valence-electron chi connectivity index (χ1n) is 5.71. The van der Waals surface area contributed by atoms with E-state index in [0.29, 0.717) is 5.56 Å². The van der Waals surface area contributed by atoms with Gasteiger partial charge in [0.2, 0.25) is 0 Å². The lowest BCUT2D eigenvalue weighted by molar-refractivity contribution is 0.0953. The highest BCUT2D eigenvalue weighted by atomic mass is 32.2. The van der Waals surface area contributed by atoms with E-state index in [1.54, 1.807) is 36.0 Å². The molecule has 0 aliphatic heterocycles. The first kappa shape index (κ1) is 13.5. The maximum absolute atomic E-state index is 11.3. The molecule has 19 heavy (non-hydrogen) atoms. The standard InChI is InChI=1S/C14H14N2O2S/c15-16-14(18)11-3-1-10(2-4-11)9-19-13-7-5-12(17)6-8-13/h1-8,17H,9,15H2,(H,16,18). The molecule has 0 saturated carbocycles. The molecule has 4 N–H and O–H groups in total. The lowest BCUT2D eigenvalue weighted by atomic mass is 10.1. The maximum atomic E-state index is 11.3. The number of carbonyl (C=O) groups excluding carboxylic acids is 1. The molecule has 2 rings (SSSR count). The SMILES string of the molecule is NNC(=O)c1ccc(CSc2ccc(O)cc2)cc1. The Morgan fingerprint density at radius 1 is 1.11 bits per heavy atom. The van der Waals surface area contributed by atoms with Gasteiger partial charge in [-0.3, -0.25) is 10.2 Å². The van der Waals surface area contributed by atoms with Crippen molar-refractivity contribution in [3.8, 4) is 5.75 Å². The summed E-state index contributed by atoms with van der Waals surface area (Å²) in [5, 5.41) is 9.19. The summed E-state index contributed by atoms with van der Waals surface area (Å²) in [4.78, 5) is 12.4. The molecular formula is C14H14N2O2S. The van der Waals surface area contributed by atoms with E-state index in [2.05, 4.69) is 5.43 Å². The van der Waals surface area contributed by atoms with Crippen LogP contribution in [0.25, 0.3) is 0 Å². The van der Waals surface area contributed by atoms with Gasteiger partial charge in [-0.1, -0.05) is 12.1 Å². The van der Waals surface area contributed by atoms with Crippen molar-refractivity contribution < 1.29 is 9.90 Å². The molecular weight excluding hydrogens is 260 g/mol. The van der Waals surface area contributed by atoms with Gasteiger partial charge in [0.1, 0.15) is 5.75 Å². The number of nitrogens with one attached hydrogen (secondary N) is 1. The predicted molar refractivity (Wildman–Crippen MR) is 75.8 cm³/mol. The van der Waals surface area contributed by atoms with Gasteiger partial charge in [0.25, 0.3) is 5.91 Å². The number of benzene rings is 2. The number of hydrazine groups is 1. The Morgan fingerprint density at radius 2 is 1.74 bits per heavy atom. The molecule has 2 aromatic rings. The van der Waals surface area contributed by atoms with Crippen molar-refractivity contribution in [3.05, 3.63) is 59.7 Å². The molecule has 1 amide bonds. The molecule has 0 aliphatic carbocycles. The number of nitrogen functional groups attached to an aromatic ring is 1. The summed E-state index contributed by atoms with van der Waals surface area (Å²) in [6, 6.07) is 14.4. The number of nitrogens with two attached hydrogens (primary N) is 1. The van der Waals surface area contributed by atoms with Gasteiger partial charge in [-0.15, -0.1) is 11.8 Å². The number of hydrogen-bond donors (Lipinski definition) is 3. The highest BCUT2D eigenvalue weighted by molar-refractivity contribution is 7.98. The number of carbonyl (C=O) groups is 1. The van der Waals surface area contributed by atoms with E-state index >= 15 is 0 Å². The Kier molecular flexibility index (Phi) is 4.43. The summed E-state index contributed by atoms with van der Waals surface area (Å²) in [7, 11) is 0. The fraction of sp³-hybridized carbons (Fsp3) is 0.0714. The maximum Gasteiger partial charge on any atom is 0.265 e. The van der Waals surface area contributed by atoms with Crippen molar-refractivity contribution >= 4 is 17.7 Å². The van der Waals surface area contributed by atoms with Crippen LogP contribution in [0.2, 0.25) is 0 Å². The van der Waals surface area contributed by atoms with Crippen LogP contribution < -0.4 is 11.3 Å². The van der Waals surface area contributed by atoms with Crippen molar-refractivity contribution in [2.24, 2.45) is 5.84 Å². The zero-order valence-electron chi connectivity index (χ0n) is 10.2. The summed E-state index contributed by atoms with van der Waals surface area (Å²) in [5.74, 6) is 5.84. The highest BCUT2D eigenvalue weighted by Gasteiger charge is 2.03. The molecule has 0 bridgehead atoms. The van der Waals surface area contributed by atoms with Crippen LogP contribution in [0.5, 0.6) is 5.75 Å². The number of rotatable bonds is 4. The van der Waals surface area contributed by atoms with E-state index in [0.717, 1.165) is 16.2 Å². The Hall–Kier alpha value is -1.98. The minimum Gasteiger partial charge on any atom is -0.508 e. The van der Waals surface area contributed by atoms with E-state index in [9.17, 15) is 9.90 Å². The minimum atomic E-state index is -0.294. The second-order valence-electron chi connectivity index (χ2n) is 3.95. The van der Waals surface area contributed by atoms with Crippen LogP contribution in [0, 0.1) is 0 Å². The van der Waals surface area contributed by atoms with E-state index in [1.807, 2.05) is 24.3 Å². The Labute approximate surface area is 115 Å². The summed E-state index contributed by atoms with van der Waals surface area (Å²) < 4.78 is 0. The molecule has 2 aromatic carbocycles. The van der Waals surface area contributed by atoms with Gasteiger partial charge in [-0.25, -0.2) is 5.84 Å². The van der Waals surface area contributed by atoms with E-state index in [-0.39, 0.29) is 11.7 Å². The Bertz CT molecular complexity index is 553. The number of phenols is 1. The molecule has 0 aromatic heterocycles. The molecule has 4 nitrogen and oxygen atoms in total. The monoisotopic (exact) mass is 274 g/mol. The Morgan fingerprint density at radius 3 is 2.32 bits per heavy atom. The van der Waals surface area contributed by atoms with Gasteiger partial charge in [0.15, 0.2) is 0 Å². The van der Waals surface area contributed by atoms with Crippen LogP contribution in [0.3, 0.4) is 0 Å². The van der Waals surface area contributed by atoms with E-state index < -0.39 is 0 Å². The lowest BCUT2D eigenvalue weighted by Crippen LogP contribution is -2.29. The summed E-state index contributed by atoms with van der Waals surface area (Å²) in [5.41, 5.74) is 3.76. The highest BCUT2D eigenvalue weighted by Crippen LogP contribution is 2.24. The largest absolute Gasteiger partial charge is 0.508 e. The predicted octanol–water partition coefficient (Wildman–Crippen LogP) is 2.29. The van der Waals surface area contributed by atoms with Crippen molar-refractivity contribution in [3.63, 3.8) is 0 Å². The first-order valence-corrected chi connectivity index (χ1v) is 6.69.